The summed E-state index contributed by atoms with van der Waals surface area (Å²) in [6.07, 6.45) is 4.72. The van der Waals surface area contributed by atoms with Crippen molar-refractivity contribution in [2.45, 2.75) is 25.7 Å². The van der Waals surface area contributed by atoms with E-state index in [1.54, 1.807) is 0 Å². The van der Waals surface area contributed by atoms with Gasteiger partial charge < -0.3 is 4.90 Å². The van der Waals surface area contributed by atoms with Crippen LogP contribution in [-0.4, -0.2) is 14.1 Å². The molecule has 1 heteroatoms. The Hall–Kier alpha value is -2.80. The third kappa shape index (κ3) is 3.83. The highest BCUT2D eigenvalue weighted by Gasteiger charge is 2.07. The Labute approximate surface area is 162 Å². The van der Waals surface area contributed by atoms with Crippen LogP contribution >= 0.6 is 0 Å². The van der Waals surface area contributed by atoms with E-state index in [9.17, 15) is 0 Å². The highest BCUT2D eigenvalue weighted by Crippen LogP contribution is 2.29. The second-order valence-corrected chi connectivity index (χ2v) is 7.57. The number of hydrogen-bond acceptors (Lipinski definition) is 1. The average Bonchev–Trinajstić information content (AvgIpc) is 2.70. The number of benzene rings is 4. The first-order valence-electron chi connectivity index (χ1n) is 9.88. The summed E-state index contributed by atoms with van der Waals surface area (Å²) in [5.41, 5.74) is 4.20. The number of anilines is 1. The van der Waals surface area contributed by atoms with Crippen LogP contribution in [-0.2, 0) is 12.8 Å². The van der Waals surface area contributed by atoms with Crippen molar-refractivity contribution in [2.24, 2.45) is 0 Å². The van der Waals surface area contributed by atoms with E-state index in [0.717, 1.165) is 12.8 Å². The quantitative estimate of drug-likeness (QED) is 0.278. The van der Waals surface area contributed by atoms with Gasteiger partial charge in [0, 0.05) is 19.8 Å². The molecule has 0 aliphatic carbocycles. The molecule has 0 amide bonds. The molecule has 4 rings (SSSR count). The average molecular weight is 354 g/mol. The molecule has 27 heavy (non-hydrogen) atoms. The van der Waals surface area contributed by atoms with Crippen molar-refractivity contribution in [1.82, 2.24) is 0 Å². The van der Waals surface area contributed by atoms with Gasteiger partial charge in [-0.05, 0) is 76.6 Å². The molecule has 4 aromatic rings. The summed E-state index contributed by atoms with van der Waals surface area (Å²) in [5.74, 6) is 0. The van der Waals surface area contributed by atoms with Gasteiger partial charge in [0.1, 0.15) is 0 Å². The highest BCUT2D eigenvalue weighted by molar-refractivity contribution is 6.02. The lowest BCUT2D eigenvalue weighted by molar-refractivity contribution is 0.739. The van der Waals surface area contributed by atoms with Crippen molar-refractivity contribution in [3.63, 3.8) is 0 Å². The van der Waals surface area contributed by atoms with Gasteiger partial charge in [0.25, 0.3) is 0 Å². The maximum Gasteiger partial charge on any atom is 0.0361 e. The Morgan fingerprint density at radius 3 is 1.78 bits per heavy atom. The molecule has 0 spiro atoms. The first kappa shape index (κ1) is 17.6. The fourth-order valence-corrected chi connectivity index (χ4v) is 3.97. The van der Waals surface area contributed by atoms with Crippen LogP contribution in [0, 0.1) is 0 Å². The van der Waals surface area contributed by atoms with Gasteiger partial charge in [0.2, 0.25) is 0 Å². The van der Waals surface area contributed by atoms with E-state index in [-0.39, 0.29) is 0 Å². The summed E-state index contributed by atoms with van der Waals surface area (Å²) in [6, 6.07) is 28.9. The van der Waals surface area contributed by atoms with E-state index in [4.69, 9.17) is 0 Å². The summed E-state index contributed by atoms with van der Waals surface area (Å²) >= 11 is 0. The van der Waals surface area contributed by atoms with Crippen LogP contribution in [0.1, 0.15) is 24.0 Å². The lowest BCUT2D eigenvalue weighted by Crippen LogP contribution is -2.08. The standard InChI is InChI=1S/C26H27N/c1-27(2)23-17-15-20(16-18-23)9-3-6-14-26-24-12-7-4-10-21(24)19-22-11-5-8-13-25(22)26/h4-5,7-8,10-13,15-19H,3,6,9,14H2,1-2H3. The Bertz CT molecular complexity index is 991. The van der Waals surface area contributed by atoms with Crippen LogP contribution in [0.25, 0.3) is 21.5 Å². The molecule has 0 saturated carbocycles. The monoisotopic (exact) mass is 353 g/mol. The van der Waals surface area contributed by atoms with Crippen LogP contribution < -0.4 is 4.90 Å². The van der Waals surface area contributed by atoms with Gasteiger partial charge in [0.15, 0.2) is 0 Å². The zero-order valence-corrected chi connectivity index (χ0v) is 16.3. The molecule has 1 nitrogen and oxygen atoms in total. The summed E-state index contributed by atoms with van der Waals surface area (Å²) in [6.45, 7) is 0. The van der Waals surface area contributed by atoms with Gasteiger partial charge in [-0.15, -0.1) is 0 Å². The normalized spacial score (nSPS) is 11.2. The van der Waals surface area contributed by atoms with Crippen molar-refractivity contribution in [2.75, 3.05) is 19.0 Å². The number of rotatable bonds is 6. The minimum Gasteiger partial charge on any atom is -0.378 e. The largest absolute Gasteiger partial charge is 0.378 e. The van der Waals surface area contributed by atoms with Crippen molar-refractivity contribution >= 4 is 27.2 Å². The molecule has 0 N–H and O–H groups in total. The Balaban J connectivity index is 1.49. The summed E-state index contributed by atoms with van der Waals surface area (Å²) < 4.78 is 0. The molecule has 0 heterocycles. The van der Waals surface area contributed by atoms with Crippen LogP contribution in [0.2, 0.25) is 0 Å². The smallest absolute Gasteiger partial charge is 0.0361 e. The number of aryl methyl sites for hydroxylation is 2. The number of unbranched alkanes of at least 4 members (excludes halogenated alkanes) is 1. The first-order chi connectivity index (χ1) is 13.2. The second-order valence-electron chi connectivity index (χ2n) is 7.57. The molecule has 0 aliphatic rings. The minimum absolute atomic E-state index is 1.14. The van der Waals surface area contributed by atoms with Crippen LogP contribution in [0.5, 0.6) is 0 Å². The molecule has 0 saturated heterocycles. The predicted molar refractivity (Wildman–Crippen MR) is 119 cm³/mol. The molecule has 0 radical (unpaired) electrons. The van der Waals surface area contributed by atoms with E-state index in [2.05, 4.69) is 97.9 Å². The van der Waals surface area contributed by atoms with Crippen molar-refractivity contribution in [3.8, 4) is 0 Å². The molecule has 0 fully saturated rings. The van der Waals surface area contributed by atoms with Gasteiger partial charge in [-0.1, -0.05) is 60.7 Å². The van der Waals surface area contributed by atoms with Crippen molar-refractivity contribution < 1.29 is 0 Å². The molecular formula is C26H27N. The Morgan fingerprint density at radius 2 is 1.19 bits per heavy atom. The van der Waals surface area contributed by atoms with E-state index in [1.165, 1.54) is 51.2 Å². The first-order valence-corrected chi connectivity index (χ1v) is 9.88. The number of hydrogen-bond donors (Lipinski definition) is 0. The fourth-order valence-electron chi connectivity index (χ4n) is 3.97. The molecule has 136 valence electrons. The number of nitrogens with zero attached hydrogens (tertiary/aromatic N) is 1. The van der Waals surface area contributed by atoms with E-state index in [1.807, 2.05) is 0 Å². The summed E-state index contributed by atoms with van der Waals surface area (Å²) in [5, 5.41) is 5.52. The highest BCUT2D eigenvalue weighted by atomic mass is 15.1. The third-order valence-corrected chi connectivity index (χ3v) is 5.48. The van der Waals surface area contributed by atoms with Gasteiger partial charge in [0.05, 0.1) is 0 Å². The molecule has 4 aromatic carbocycles. The van der Waals surface area contributed by atoms with E-state index in [0.29, 0.717) is 0 Å². The van der Waals surface area contributed by atoms with Gasteiger partial charge in [-0.2, -0.15) is 0 Å². The molecule has 0 bridgehead atoms. The molecule has 0 aromatic heterocycles. The lowest BCUT2D eigenvalue weighted by Gasteiger charge is -2.13. The second kappa shape index (κ2) is 7.84. The number of fused-ring (bicyclic) bond motifs is 2. The maximum atomic E-state index is 2.32. The predicted octanol–water partition coefficient (Wildman–Crippen LogP) is 6.62. The molecule has 0 aliphatic heterocycles. The molecule has 0 unspecified atom stereocenters. The minimum atomic E-state index is 1.14. The fraction of sp³-hybridized carbons (Fsp3) is 0.231. The van der Waals surface area contributed by atoms with E-state index >= 15 is 0 Å². The van der Waals surface area contributed by atoms with Crippen molar-refractivity contribution in [1.29, 1.82) is 0 Å². The van der Waals surface area contributed by atoms with Crippen LogP contribution in [0.15, 0.2) is 78.9 Å². The van der Waals surface area contributed by atoms with Crippen LogP contribution in [0.3, 0.4) is 0 Å². The maximum absolute atomic E-state index is 2.32. The Kier molecular flexibility index (Phi) is 5.11. The van der Waals surface area contributed by atoms with Gasteiger partial charge in [-0.3, -0.25) is 0 Å². The topological polar surface area (TPSA) is 3.24 Å². The molecular weight excluding hydrogens is 326 g/mol. The van der Waals surface area contributed by atoms with Crippen molar-refractivity contribution in [3.05, 3.63) is 90.0 Å². The lowest BCUT2D eigenvalue weighted by atomic mass is 9.93. The van der Waals surface area contributed by atoms with Gasteiger partial charge in [-0.25, -0.2) is 0 Å². The van der Waals surface area contributed by atoms with Crippen LogP contribution in [0.4, 0.5) is 5.69 Å². The zero-order valence-electron chi connectivity index (χ0n) is 16.3. The zero-order chi connectivity index (χ0) is 18.6. The summed E-state index contributed by atoms with van der Waals surface area (Å²) in [7, 11) is 4.17. The Morgan fingerprint density at radius 1 is 0.630 bits per heavy atom. The summed E-state index contributed by atoms with van der Waals surface area (Å²) in [4.78, 5) is 2.15. The molecule has 0 atom stereocenters. The van der Waals surface area contributed by atoms with Gasteiger partial charge >= 0.3 is 0 Å². The SMILES string of the molecule is CN(C)c1ccc(CCCCc2c3ccccc3cc3ccccc23)cc1. The van der Waals surface area contributed by atoms with E-state index < -0.39 is 0 Å². The third-order valence-electron chi connectivity index (χ3n) is 5.48.